The van der Waals surface area contributed by atoms with Crippen LogP contribution in [0.4, 0.5) is 4.39 Å². The molecule has 3 fully saturated rings. The Morgan fingerprint density at radius 1 is 1.16 bits per heavy atom. The van der Waals surface area contributed by atoms with E-state index in [0.717, 1.165) is 54.7 Å². The topological polar surface area (TPSA) is 110 Å². The molecule has 1 saturated heterocycles. The molecule has 1 spiro atoms. The summed E-state index contributed by atoms with van der Waals surface area (Å²) in [6, 6.07) is 17.4. The lowest BCUT2D eigenvalue weighted by Gasteiger charge is -2.31. The summed E-state index contributed by atoms with van der Waals surface area (Å²) in [6.07, 6.45) is 5.24. The van der Waals surface area contributed by atoms with E-state index in [-0.39, 0.29) is 34.6 Å². The van der Waals surface area contributed by atoms with E-state index in [1.165, 1.54) is 6.07 Å². The highest BCUT2D eigenvalue weighted by atomic mass is 19.1. The molecule has 0 amide bonds. The van der Waals surface area contributed by atoms with E-state index in [1.54, 1.807) is 30.3 Å². The molecule has 226 valence electrons. The lowest BCUT2D eigenvalue weighted by atomic mass is 9.77. The first-order chi connectivity index (χ1) is 21.2. The minimum atomic E-state index is -0.936. The van der Waals surface area contributed by atoms with Crippen molar-refractivity contribution in [2.45, 2.75) is 70.4 Å². The summed E-state index contributed by atoms with van der Waals surface area (Å²) in [6.45, 7) is 5.71. The molecule has 2 saturated carbocycles. The minimum absolute atomic E-state index is 0.0429. The maximum atomic E-state index is 14.3. The predicted octanol–water partition coefficient (Wildman–Crippen LogP) is 7.15. The maximum Gasteiger partial charge on any atom is 0.335 e. The second-order valence-corrected chi connectivity index (χ2v) is 13.4. The molecule has 3 aliphatic rings. The Bertz CT molecular complexity index is 1800. The number of fused-ring (bicyclic) bond motifs is 1. The summed E-state index contributed by atoms with van der Waals surface area (Å²) < 4.78 is 28.4. The average molecular weight is 595 g/mol. The fourth-order valence-corrected chi connectivity index (χ4v) is 7.38. The minimum Gasteiger partial charge on any atom is -0.478 e. The van der Waals surface area contributed by atoms with E-state index < -0.39 is 11.8 Å². The van der Waals surface area contributed by atoms with Crippen molar-refractivity contribution in [2.24, 2.45) is 10.8 Å². The highest BCUT2D eigenvalue weighted by molar-refractivity contribution is 5.92. The van der Waals surface area contributed by atoms with E-state index >= 15 is 0 Å². The Morgan fingerprint density at radius 3 is 2.68 bits per heavy atom. The van der Waals surface area contributed by atoms with Crippen molar-refractivity contribution in [2.75, 3.05) is 13.2 Å². The van der Waals surface area contributed by atoms with Crippen molar-refractivity contribution >= 4 is 17.0 Å². The van der Waals surface area contributed by atoms with Crippen LogP contribution in [0.3, 0.4) is 0 Å². The third kappa shape index (κ3) is 5.01. The highest BCUT2D eigenvalue weighted by Gasteiger charge is 2.58. The highest BCUT2D eigenvalue weighted by Crippen LogP contribution is 2.68. The van der Waals surface area contributed by atoms with Gasteiger partial charge in [-0.15, -0.1) is 0 Å². The van der Waals surface area contributed by atoms with Crippen LogP contribution in [0.15, 0.2) is 54.6 Å². The Balaban J connectivity index is 1.08. The number of hydrogen-bond acceptors (Lipinski definition) is 6. The van der Waals surface area contributed by atoms with Gasteiger partial charge in [0.25, 0.3) is 0 Å². The lowest BCUT2D eigenvalue weighted by molar-refractivity contribution is 0.0697. The van der Waals surface area contributed by atoms with E-state index in [1.807, 2.05) is 24.3 Å². The van der Waals surface area contributed by atoms with Gasteiger partial charge >= 0.3 is 5.97 Å². The molecule has 0 radical (unpaired) electrons. The molecule has 3 heterocycles. The second kappa shape index (κ2) is 10.7. The number of aromatic carboxylic acids is 1. The number of carbonyl (C=O) groups is 1. The number of carboxylic acids is 1. The Labute approximate surface area is 255 Å². The SMILES string of the molecule is CC1(C)COCC1n1c(C2CC23CCC(c2cccc(OCc4ccc(C#N)cc4F)n2)CC3)nc2ccc(C(=O)O)cc21. The molecule has 7 rings (SSSR count). The first-order valence-electron chi connectivity index (χ1n) is 15.3. The van der Waals surface area contributed by atoms with Crippen LogP contribution in [0.1, 0.15) is 96.8 Å². The number of nitriles is 1. The standard InChI is InChI=1S/C35H35FN4O4/c1-34(2)20-43-19-30(34)40-29-15-23(33(41)42)8-9-28(29)39-32(40)25-16-35(25)12-10-22(11-13-35)27-4-3-5-31(38-27)44-18-24-7-6-21(17-37)14-26(24)36/h3-9,14-15,22,25,30H,10-13,16,18-20H2,1-2H3,(H,41,42). The summed E-state index contributed by atoms with van der Waals surface area (Å²) >= 11 is 0. The third-order valence-electron chi connectivity index (χ3n) is 10.1. The summed E-state index contributed by atoms with van der Waals surface area (Å²) in [7, 11) is 0. The molecule has 2 atom stereocenters. The van der Waals surface area contributed by atoms with Crippen LogP contribution >= 0.6 is 0 Å². The van der Waals surface area contributed by atoms with E-state index in [4.69, 9.17) is 24.7 Å². The molecule has 0 bridgehead atoms. The number of rotatable bonds is 7. The maximum absolute atomic E-state index is 14.3. The van der Waals surface area contributed by atoms with Crippen molar-refractivity contribution < 1.29 is 23.8 Å². The van der Waals surface area contributed by atoms with Crippen LogP contribution in [-0.2, 0) is 11.3 Å². The number of carboxylic acid groups (broad SMARTS) is 1. The van der Waals surface area contributed by atoms with Crippen LogP contribution in [0.5, 0.6) is 5.88 Å². The molecular formula is C35H35FN4O4. The Morgan fingerprint density at radius 2 is 1.98 bits per heavy atom. The summed E-state index contributed by atoms with van der Waals surface area (Å²) in [5, 5.41) is 18.7. The molecule has 2 aromatic carbocycles. The monoisotopic (exact) mass is 594 g/mol. The molecule has 2 aromatic heterocycles. The van der Waals surface area contributed by atoms with Gasteiger partial charge < -0.3 is 19.1 Å². The largest absolute Gasteiger partial charge is 0.478 e. The molecule has 44 heavy (non-hydrogen) atoms. The first-order valence-corrected chi connectivity index (χ1v) is 15.3. The van der Waals surface area contributed by atoms with Crippen molar-refractivity contribution in [1.29, 1.82) is 5.26 Å². The number of aromatic nitrogens is 3. The lowest BCUT2D eigenvalue weighted by Crippen LogP contribution is -2.27. The third-order valence-corrected chi connectivity index (χ3v) is 10.1. The fraction of sp³-hybridized carbons (Fsp3) is 0.429. The molecular weight excluding hydrogens is 559 g/mol. The summed E-state index contributed by atoms with van der Waals surface area (Å²) in [5.41, 5.74) is 3.74. The number of nitrogens with zero attached hydrogens (tertiary/aromatic N) is 4. The molecule has 2 aliphatic carbocycles. The van der Waals surface area contributed by atoms with Gasteiger partial charge in [0.1, 0.15) is 18.2 Å². The van der Waals surface area contributed by atoms with E-state index in [9.17, 15) is 14.3 Å². The number of halogens is 1. The number of hydrogen-bond donors (Lipinski definition) is 1. The van der Waals surface area contributed by atoms with Gasteiger partial charge in [0.2, 0.25) is 5.88 Å². The smallest absolute Gasteiger partial charge is 0.335 e. The number of imidazole rings is 1. The normalized spacial score (nSPS) is 25.6. The van der Waals surface area contributed by atoms with Crippen LogP contribution in [0.25, 0.3) is 11.0 Å². The number of benzene rings is 2. The van der Waals surface area contributed by atoms with Gasteiger partial charge in [0.05, 0.1) is 47.5 Å². The van der Waals surface area contributed by atoms with E-state index in [2.05, 4.69) is 18.4 Å². The predicted molar refractivity (Wildman–Crippen MR) is 161 cm³/mol. The zero-order valence-electron chi connectivity index (χ0n) is 24.9. The fourth-order valence-electron chi connectivity index (χ4n) is 7.38. The average Bonchev–Trinajstić information content (AvgIpc) is 3.39. The van der Waals surface area contributed by atoms with Gasteiger partial charge in [-0.1, -0.05) is 26.0 Å². The molecule has 9 heteroatoms. The van der Waals surface area contributed by atoms with Gasteiger partial charge in [0, 0.05) is 34.6 Å². The van der Waals surface area contributed by atoms with Crippen molar-refractivity contribution in [3.05, 3.63) is 88.6 Å². The zero-order chi connectivity index (χ0) is 30.6. The molecule has 2 unspecified atom stereocenters. The van der Waals surface area contributed by atoms with Gasteiger partial charge in [-0.25, -0.2) is 19.2 Å². The summed E-state index contributed by atoms with van der Waals surface area (Å²) in [5.74, 6) is 0.770. The van der Waals surface area contributed by atoms with Crippen molar-refractivity contribution in [1.82, 2.24) is 14.5 Å². The van der Waals surface area contributed by atoms with Gasteiger partial charge in [0.15, 0.2) is 0 Å². The molecule has 8 nitrogen and oxygen atoms in total. The van der Waals surface area contributed by atoms with Gasteiger partial charge in [-0.2, -0.15) is 5.26 Å². The molecule has 1 aliphatic heterocycles. The van der Waals surface area contributed by atoms with Crippen LogP contribution in [0.2, 0.25) is 0 Å². The van der Waals surface area contributed by atoms with Gasteiger partial charge in [-0.3, -0.25) is 0 Å². The zero-order valence-corrected chi connectivity index (χ0v) is 24.9. The van der Waals surface area contributed by atoms with Gasteiger partial charge in [-0.05, 0) is 73.9 Å². The molecule has 4 aromatic rings. The Hall–Kier alpha value is -4.29. The van der Waals surface area contributed by atoms with Crippen LogP contribution in [0, 0.1) is 28.0 Å². The number of pyridine rings is 1. The quantitative estimate of drug-likeness (QED) is 0.242. The van der Waals surface area contributed by atoms with Crippen molar-refractivity contribution in [3.63, 3.8) is 0 Å². The van der Waals surface area contributed by atoms with Crippen LogP contribution in [-0.4, -0.2) is 38.8 Å². The van der Waals surface area contributed by atoms with Crippen LogP contribution < -0.4 is 4.74 Å². The summed E-state index contributed by atoms with van der Waals surface area (Å²) in [4.78, 5) is 21.7. The van der Waals surface area contributed by atoms with E-state index in [0.29, 0.717) is 36.5 Å². The Kier molecular flexibility index (Phi) is 6.93. The molecule has 1 N–H and O–H groups in total. The first kappa shape index (κ1) is 28.5. The second-order valence-electron chi connectivity index (χ2n) is 13.4. The number of ether oxygens (including phenoxy) is 2. The van der Waals surface area contributed by atoms with Crippen molar-refractivity contribution in [3.8, 4) is 11.9 Å².